The zero-order valence-electron chi connectivity index (χ0n) is 11.2. The van der Waals surface area contributed by atoms with Crippen molar-refractivity contribution in [3.8, 4) is 0 Å². The number of carbonyl (C=O) groups excluding carboxylic acids is 1. The number of hydrogen-bond donors (Lipinski definition) is 0. The van der Waals surface area contributed by atoms with E-state index in [1.165, 1.54) is 19.3 Å². The molecular weight excluding hydrogens is 373 g/mol. The van der Waals surface area contributed by atoms with E-state index >= 15 is 0 Å². The predicted octanol–water partition coefficient (Wildman–Crippen LogP) is 4.74. The first-order valence-electron chi connectivity index (χ1n) is 6.89. The Morgan fingerprint density at radius 1 is 1.37 bits per heavy atom. The predicted molar refractivity (Wildman–Crippen MR) is 87.8 cm³/mol. The summed E-state index contributed by atoms with van der Waals surface area (Å²) in [5.41, 5.74) is 0.706. The highest BCUT2D eigenvalue weighted by Gasteiger charge is 2.25. The van der Waals surface area contributed by atoms with Gasteiger partial charge >= 0.3 is 0 Å². The number of halogens is 2. The Labute approximate surface area is 133 Å². The highest BCUT2D eigenvalue weighted by atomic mass is 127. The lowest BCUT2D eigenvalue weighted by Crippen LogP contribution is -2.41. The van der Waals surface area contributed by atoms with Crippen molar-refractivity contribution >= 4 is 40.1 Å². The molecule has 0 heterocycles. The third-order valence-electron chi connectivity index (χ3n) is 3.78. The summed E-state index contributed by atoms with van der Waals surface area (Å²) >= 11 is 8.29. The molecule has 1 fully saturated rings. The van der Waals surface area contributed by atoms with Crippen LogP contribution in [-0.2, 0) is 0 Å². The van der Waals surface area contributed by atoms with Crippen LogP contribution >= 0.6 is 34.2 Å². The Balaban J connectivity index is 2.17. The van der Waals surface area contributed by atoms with Gasteiger partial charge in [0.25, 0.3) is 5.91 Å². The molecule has 0 aromatic heterocycles. The van der Waals surface area contributed by atoms with Crippen LogP contribution in [0.4, 0.5) is 0 Å². The van der Waals surface area contributed by atoms with Gasteiger partial charge in [0, 0.05) is 21.7 Å². The molecule has 1 amide bonds. The fourth-order valence-corrected chi connectivity index (χ4v) is 3.27. The summed E-state index contributed by atoms with van der Waals surface area (Å²) in [6.07, 6.45) is 6.05. The minimum absolute atomic E-state index is 0.118. The van der Waals surface area contributed by atoms with Gasteiger partial charge in [0.1, 0.15) is 0 Å². The van der Waals surface area contributed by atoms with Crippen molar-refractivity contribution in [1.82, 2.24) is 4.90 Å². The molecule has 104 valence electrons. The van der Waals surface area contributed by atoms with Crippen molar-refractivity contribution in [1.29, 1.82) is 0 Å². The molecule has 0 saturated heterocycles. The van der Waals surface area contributed by atoms with Crippen LogP contribution in [0.15, 0.2) is 18.2 Å². The lowest BCUT2D eigenvalue weighted by Gasteiger charge is -2.33. The van der Waals surface area contributed by atoms with Gasteiger partial charge in [-0.1, -0.05) is 30.9 Å². The smallest absolute Gasteiger partial charge is 0.254 e. The van der Waals surface area contributed by atoms with E-state index in [1.54, 1.807) is 6.07 Å². The summed E-state index contributed by atoms with van der Waals surface area (Å²) in [6, 6.07) is 5.98. The van der Waals surface area contributed by atoms with Crippen LogP contribution in [0.2, 0.25) is 5.02 Å². The largest absolute Gasteiger partial charge is 0.336 e. The van der Waals surface area contributed by atoms with E-state index in [0.717, 1.165) is 23.0 Å². The van der Waals surface area contributed by atoms with Gasteiger partial charge in [-0.15, -0.1) is 0 Å². The van der Waals surface area contributed by atoms with Gasteiger partial charge in [-0.05, 0) is 60.6 Å². The summed E-state index contributed by atoms with van der Waals surface area (Å²) < 4.78 is 0.983. The second-order valence-corrected chi connectivity index (χ2v) is 6.58. The van der Waals surface area contributed by atoms with Crippen LogP contribution in [0.3, 0.4) is 0 Å². The third-order valence-corrected chi connectivity index (χ3v) is 5.36. The molecule has 0 unspecified atom stereocenters. The third kappa shape index (κ3) is 3.63. The zero-order valence-corrected chi connectivity index (χ0v) is 14.1. The summed E-state index contributed by atoms with van der Waals surface area (Å²) in [4.78, 5) is 14.6. The number of hydrogen-bond acceptors (Lipinski definition) is 1. The Morgan fingerprint density at radius 3 is 2.63 bits per heavy atom. The number of nitrogens with zero attached hydrogens (tertiary/aromatic N) is 1. The molecular formula is C15H19ClINO. The normalized spacial score (nSPS) is 16.4. The van der Waals surface area contributed by atoms with Crippen molar-refractivity contribution < 1.29 is 4.79 Å². The van der Waals surface area contributed by atoms with Crippen molar-refractivity contribution in [2.45, 2.75) is 45.1 Å². The van der Waals surface area contributed by atoms with Gasteiger partial charge in [-0.25, -0.2) is 0 Å². The second kappa shape index (κ2) is 6.93. The molecule has 1 aliphatic rings. The van der Waals surface area contributed by atoms with Crippen LogP contribution in [0.25, 0.3) is 0 Å². The van der Waals surface area contributed by atoms with Crippen molar-refractivity contribution in [3.05, 3.63) is 32.4 Å². The van der Waals surface area contributed by atoms with Crippen molar-refractivity contribution in [2.24, 2.45) is 0 Å². The van der Waals surface area contributed by atoms with E-state index in [4.69, 9.17) is 11.6 Å². The Hall–Kier alpha value is -0.290. The van der Waals surface area contributed by atoms with E-state index in [0.29, 0.717) is 16.6 Å². The van der Waals surface area contributed by atoms with E-state index in [2.05, 4.69) is 29.5 Å². The van der Waals surface area contributed by atoms with Gasteiger partial charge in [0.2, 0.25) is 0 Å². The van der Waals surface area contributed by atoms with Crippen molar-refractivity contribution in [3.63, 3.8) is 0 Å². The number of amides is 1. The van der Waals surface area contributed by atoms with Crippen LogP contribution in [0.1, 0.15) is 49.4 Å². The summed E-state index contributed by atoms with van der Waals surface area (Å²) in [7, 11) is 0. The molecule has 1 aromatic carbocycles. The molecule has 0 N–H and O–H groups in total. The SMILES string of the molecule is CCN(C(=O)c1ccc(I)c(Cl)c1)C1CCCCC1. The molecule has 2 rings (SSSR count). The number of rotatable bonds is 3. The molecule has 19 heavy (non-hydrogen) atoms. The highest BCUT2D eigenvalue weighted by Crippen LogP contribution is 2.25. The molecule has 0 atom stereocenters. The zero-order chi connectivity index (χ0) is 13.8. The Kier molecular flexibility index (Phi) is 5.51. The van der Waals surface area contributed by atoms with E-state index in [-0.39, 0.29) is 5.91 Å². The lowest BCUT2D eigenvalue weighted by atomic mass is 9.93. The molecule has 1 aromatic rings. The molecule has 0 radical (unpaired) electrons. The fourth-order valence-electron chi connectivity index (χ4n) is 2.76. The summed E-state index contributed by atoms with van der Waals surface area (Å²) in [5, 5.41) is 0.658. The van der Waals surface area contributed by atoms with Gasteiger partial charge in [0.15, 0.2) is 0 Å². The fraction of sp³-hybridized carbons (Fsp3) is 0.533. The number of benzene rings is 1. The average molecular weight is 392 g/mol. The maximum atomic E-state index is 12.6. The maximum Gasteiger partial charge on any atom is 0.254 e. The first-order valence-corrected chi connectivity index (χ1v) is 8.35. The second-order valence-electron chi connectivity index (χ2n) is 5.01. The Bertz CT molecular complexity index is 457. The van der Waals surface area contributed by atoms with E-state index in [1.807, 2.05) is 17.0 Å². The summed E-state index contributed by atoms with van der Waals surface area (Å²) in [5.74, 6) is 0.118. The molecule has 0 spiro atoms. The maximum absolute atomic E-state index is 12.6. The molecule has 1 saturated carbocycles. The first kappa shape index (κ1) is 15.1. The minimum atomic E-state index is 0.118. The van der Waals surface area contributed by atoms with Gasteiger partial charge in [-0.2, -0.15) is 0 Å². The topological polar surface area (TPSA) is 20.3 Å². The van der Waals surface area contributed by atoms with Crippen LogP contribution in [0.5, 0.6) is 0 Å². The highest BCUT2D eigenvalue weighted by molar-refractivity contribution is 14.1. The molecule has 0 aliphatic heterocycles. The molecule has 1 aliphatic carbocycles. The van der Waals surface area contributed by atoms with Gasteiger partial charge < -0.3 is 4.90 Å². The monoisotopic (exact) mass is 391 g/mol. The first-order chi connectivity index (χ1) is 9.13. The van der Waals surface area contributed by atoms with Gasteiger partial charge in [0.05, 0.1) is 5.02 Å². The average Bonchev–Trinajstić information content (AvgIpc) is 2.44. The minimum Gasteiger partial charge on any atom is -0.336 e. The van der Waals surface area contributed by atoms with Gasteiger partial charge in [-0.3, -0.25) is 4.79 Å². The summed E-state index contributed by atoms with van der Waals surface area (Å²) in [6.45, 7) is 2.83. The lowest BCUT2D eigenvalue weighted by molar-refractivity contribution is 0.0648. The van der Waals surface area contributed by atoms with Crippen LogP contribution in [0, 0.1) is 3.57 Å². The Morgan fingerprint density at radius 2 is 2.05 bits per heavy atom. The molecule has 4 heteroatoms. The quantitative estimate of drug-likeness (QED) is 0.682. The number of carbonyl (C=O) groups is 1. The molecule has 2 nitrogen and oxygen atoms in total. The van der Waals surface area contributed by atoms with Crippen LogP contribution in [-0.4, -0.2) is 23.4 Å². The van der Waals surface area contributed by atoms with E-state index in [9.17, 15) is 4.79 Å². The van der Waals surface area contributed by atoms with Crippen LogP contribution < -0.4 is 0 Å². The molecule has 0 bridgehead atoms. The van der Waals surface area contributed by atoms with Crippen molar-refractivity contribution in [2.75, 3.05) is 6.54 Å². The standard InChI is InChI=1S/C15H19ClINO/c1-2-18(12-6-4-3-5-7-12)15(19)11-8-9-14(17)13(16)10-11/h8-10,12H,2-7H2,1H3. The van der Waals surface area contributed by atoms with E-state index < -0.39 is 0 Å².